The molecule has 3 nitrogen and oxygen atoms in total. The molecular weight excluding hydrogens is 192 g/mol. The standard InChI is InChI=1S/C12H18O3/c1-5-7-8-9-12(6-2,10(3)13)15-11(4)14/h2H,5,7-9H2,1,3-4H3. The molecule has 84 valence electrons. The number of unbranched alkanes of at least 4 members (excludes halogenated alkanes) is 2. The summed E-state index contributed by atoms with van der Waals surface area (Å²) in [6.45, 7) is 4.67. The van der Waals surface area contributed by atoms with Crippen LogP contribution in [-0.2, 0) is 14.3 Å². The molecule has 0 fully saturated rings. The minimum absolute atomic E-state index is 0.281. The largest absolute Gasteiger partial charge is 0.438 e. The summed E-state index contributed by atoms with van der Waals surface area (Å²) in [7, 11) is 0. The Labute approximate surface area is 91.2 Å². The van der Waals surface area contributed by atoms with Crippen molar-refractivity contribution >= 4 is 11.8 Å². The summed E-state index contributed by atoms with van der Waals surface area (Å²) in [4.78, 5) is 22.3. The summed E-state index contributed by atoms with van der Waals surface area (Å²) < 4.78 is 4.97. The van der Waals surface area contributed by atoms with Gasteiger partial charge in [-0.05, 0) is 13.3 Å². The van der Waals surface area contributed by atoms with Gasteiger partial charge in [-0.15, -0.1) is 6.42 Å². The molecule has 0 bridgehead atoms. The summed E-state index contributed by atoms with van der Waals surface area (Å²) in [5.41, 5.74) is -1.35. The first-order valence-electron chi connectivity index (χ1n) is 5.17. The molecule has 1 atom stereocenters. The molecule has 0 rings (SSSR count). The van der Waals surface area contributed by atoms with Crippen molar-refractivity contribution in [3.63, 3.8) is 0 Å². The Morgan fingerprint density at radius 2 is 1.93 bits per heavy atom. The number of Topliss-reactive ketones (excluding diaryl/α,β-unsaturated/α-hetero) is 1. The van der Waals surface area contributed by atoms with E-state index in [1.165, 1.54) is 13.8 Å². The lowest BCUT2D eigenvalue weighted by molar-refractivity contribution is -0.159. The number of rotatable bonds is 6. The number of hydrogen-bond donors (Lipinski definition) is 0. The van der Waals surface area contributed by atoms with Gasteiger partial charge in [0.15, 0.2) is 5.78 Å². The molecule has 0 heterocycles. The molecule has 0 aromatic carbocycles. The van der Waals surface area contributed by atoms with E-state index in [9.17, 15) is 9.59 Å². The highest BCUT2D eigenvalue weighted by atomic mass is 16.6. The quantitative estimate of drug-likeness (QED) is 0.383. The fourth-order valence-corrected chi connectivity index (χ4v) is 1.37. The summed E-state index contributed by atoms with van der Waals surface area (Å²) in [5.74, 6) is 1.52. The van der Waals surface area contributed by atoms with Gasteiger partial charge in [-0.1, -0.05) is 25.7 Å². The van der Waals surface area contributed by atoms with Gasteiger partial charge in [0.05, 0.1) is 0 Å². The van der Waals surface area contributed by atoms with E-state index in [2.05, 4.69) is 12.8 Å². The topological polar surface area (TPSA) is 43.4 Å². The first-order valence-corrected chi connectivity index (χ1v) is 5.17. The van der Waals surface area contributed by atoms with Crippen LogP contribution in [-0.4, -0.2) is 17.4 Å². The summed E-state index contributed by atoms with van der Waals surface area (Å²) in [5, 5.41) is 0. The Morgan fingerprint density at radius 3 is 2.27 bits per heavy atom. The highest BCUT2D eigenvalue weighted by Crippen LogP contribution is 2.20. The molecule has 0 saturated carbocycles. The maximum Gasteiger partial charge on any atom is 0.304 e. The average molecular weight is 210 g/mol. The Hall–Kier alpha value is -1.30. The zero-order valence-corrected chi connectivity index (χ0v) is 9.63. The third-order valence-corrected chi connectivity index (χ3v) is 2.25. The molecule has 0 aromatic rings. The molecule has 0 N–H and O–H groups in total. The van der Waals surface area contributed by atoms with Gasteiger partial charge in [0.25, 0.3) is 0 Å². The van der Waals surface area contributed by atoms with Gasteiger partial charge in [-0.2, -0.15) is 0 Å². The Bertz CT molecular complexity index is 275. The fourth-order valence-electron chi connectivity index (χ4n) is 1.37. The van der Waals surface area contributed by atoms with E-state index in [1.807, 2.05) is 0 Å². The molecule has 15 heavy (non-hydrogen) atoms. The van der Waals surface area contributed by atoms with E-state index in [1.54, 1.807) is 0 Å². The molecule has 0 aliphatic rings. The van der Waals surface area contributed by atoms with Crippen LogP contribution < -0.4 is 0 Å². The lowest BCUT2D eigenvalue weighted by atomic mass is 9.93. The van der Waals surface area contributed by atoms with Gasteiger partial charge in [0, 0.05) is 13.3 Å². The third kappa shape index (κ3) is 4.16. The van der Waals surface area contributed by atoms with Crippen LogP contribution in [0.15, 0.2) is 0 Å². The SMILES string of the molecule is C#CC(CCCCC)(OC(C)=O)C(C)=O. The van der Waals surface area contributed by atoms with Crippen LogP contribution >= 0.6 is 0 Å². The second-order valence-corrected chi connectivity index (χ2v) is 3.58. The van der Waals surface area contributed by atoms with Crippen LogP contribution in [0, 0.1) is 12.3 Å². The van der Waals surface area contributed by atoms with Gasteiger partial charge < -0.3 is 4.74 Å². The van der Waals surface area contributed by atoms with E-state index in [4.69, 9.17) is 11.2 Å². The van der Waals surface area contributed by atoms with E-state index >= 15 is 0 Å². The number of terminal acetylenes is 1. The molecule has 3 heteroatoms. The molecule has 0 aliphatic carbocycles. The van der Waals surface area contributed by atoms with Crippen molar-refractivity contribution in [3.8, 4) is 12.3 Å². The normalized spacial score (nSPS) is 13.7. The monoisotopic (exact) mass is 210 g/mol. The third-order valence-electron chi connectivity index (χ3n) is 2.25. The predicted octanol–water partition coefficient (Wildman–Crippen LogP) is 2.09. The molecule has 0 aromatic heterocycles. The van der Waals surface area contributed by atoms with Crippen molar-refractivity contribution in [3.05, 3.63) is 0 Å². The fraction of sp³-hybridized carbons (Fsp3) is 0.667. The number of carbonyl (C=O) groups is 2. The van der Waals surface area contributed by atoms with Crippen LogP contribution in [0.2, 0.25) is 0 Å². The van der Waals surface area contributed by atoms with Crippen LogP contribution in [0.3, 0.4) is 0 Å². The van der Waals surface area contributed by atoms with Crippen LogP contribution in [0.1, 0.15) is 46.5 Å². The van der Waals surface area contributed by atoms with Crippen molar-refractivity contribution < 1.29 is 14.3 Å². The first-order chi connectivity index (χ1) is 6.98. The minimum atomic E-state index is -1.35. The van der Waals surface area contributed by atoms with E-state index in [0.717, 1.165) is 19.3 Å². The van der Waals surface area contributed by atoms with Gasteiger partial charge in [-0.3, -0.25) is 9.59 Å². The Balaban J connectivity index is 4.61. The van der Waals surface area contributed by atoms with Crippen molar-refractivity contribution in [2.75, 3.05) is 0 Å². The number of ether oxygens (including phenoxy) is 1. The summed E-state index contributed by atoms with van der Waals surface area (Å²) in [6, 6.07) is 0. The lowest BCUT2D eigenvalue weighted by Gasteiger charge is -2.24. The highest BCUT2D eigenvalue weighted by molar-refractivity contribution is 5.90. The first kappa shape index (κ1) is 13.7. The van der Waals surface area contributed by atoms with Crippen LogP contribution in [0.5, 0.6) is 0 Å². The minimum Gasteiger partial charge on any atom is -0.438 e. The van der Waals surface area contributed by atoms with Crippen LogP contribution in [0.25, 0.3) is 0 Å². The summed E-state index contributed by atoms with van der Waals surface area (Å²) in [6.07, 6.45) is 8.48. The zero-order valence-electron chi connectivity index (χ0n) is 9.63. The van der Waals surface area contributed by atoms with Gasteiger partial charge in [0.2, 0.25) is 5.60 Å². The van der Waals surface area contributed by atoms with E-state index < -0.39 is 11.6 Å². The van der Waals surface area contributed by atoms with Gasteiger partial charge in [-0.25, -0.2) is 0 Å². The molecular formula is C12H18O3. The maximum atomic E-state index is 11.4. The smallest absolute Gasteiger partial charge is 0.304 e. The Kier molecular flexibility index (Phi) is 5.69. The second-order valence-electron chi connectivity index (χ2n) is 3.58. The molecule has 0 saturated heterocycles. The molecule has 0 amide bonds. The number of carbonyl (C=O) groups excluding carboxylic acids is 2. The van der Waals surface area contributed by atoms with Gasteiger partial charge >= 0.3 is 5.97 Å². The van der Waals surface area contributed by atoms with Crippen molar-refractivity contribution in [2.45, 2.75) is 52.1 Å². The van der Waals surface area contributed by atoms with Crippen molar-refractivity contribution in [1.29, 1.82) is 0 Å². The summed E-state index contributed by atoms with van der Waals surface area (Å²) >= 11 is 0. The number of esters is 1. The number of hydrogen-bond acceptors (Lipinski definition) is 3. The molecule has 0 aliphatic heterocycles. The highest BCUT2D eigenvalue weighted by Gasteiger charge is 2.36. The predicted molar refractivity (Wildman–Crippen MR) is 58.2 cm³/mol. The molecule has 0 spiro atoms. The zero-order chi connectivity index (χ0) is 11.9. The van der Waals surface area contributed by atoms with Gasteiger partial charge in [0.1, 0.15) is 0 Å². The average Bonchev–Trinajstić information content (AvgIpc) is 2.15. The number of ketones is 1. The van der Waals surface area contributed by atoms with E-state index in [-0.39, 0.29) is 5.78 Å². The Morgan fingerprint density at radius 1 is 1.33 bits per heavy atom. The van der Waals surface area contributed by atoms with E-state index in [0.29, 0.717) is 6.42 Å². The van der Waals surface area contributed by atoms with Crippen molar-refractivity contribution in [1.82, 2.24) is 0 Å². The molecule has 1 unspecified atom stereocenters. The van der Waals surface area contributed by atoms with Crippen molar-refractivity contribution in [2.24, 2.45) is 0 Å². The van der Waals surface area contributed by atoms with Crippen LogP contribution in [0.4, 0.5) is 0 Å². The molecule has 0 radical (unpaired) electrons. The second kappa shape index (κ2) is 6.23. The lowest BCUT2D eigenvalue weighted by Crippen LogP contribution is -2.40. The maximum absolute atomic E-state index is 11.4.